The van der Waals surface area contributed by atoms with Crippen molar-refractivity contribution in [1.29, 1.82) is 0 Å². The number of rotatable bonds is 3. The van der Waals surface area contributed by atoms with Crippen LogP contribution in [0.5, 0.6) is 0 Å². The van der Waals surface area contributed by atoms with E-state index in [9.17, 15) is 4.79 Å². The van der Waals surface area contributed by atoms with Gasteiger partial charge in [-0.3, -0.25) is 0 Å². The van der Waals surface area contributed by atoms with Crippen LogP contribution in [-0.2, 0) is 4.74 Å². The third-order valence-electron chi connectivity index (χ3n) is 6.31. The normalized spacial score (nSPS) is 27.2. The standard InChI is InChI=1S/C11H14N4O2.C10H16N4O/c12-10-2-1-9(13-14-10)7-3-4-15-8(5-7)6-17-11(15)16;11-10-2-1-9(13-14-10)7-3-4-12-8(5-7)6-15/h1-2,7-8H,3-6H2,(H2,12,14);1-2,7-8,12,15H,3-6H2,(H2,11,14)/t2*7?,8-/m00/s1. The van der Waals surface area contributed by atoms with Crippen LogP contribution in [0.2, 0.25) is 0 Å². The number of fused-ring (bicyclic) bond motifs is 1. The number of carbonyl (C=O) groups is 1. The summed E-state index contributed by atoms with van der Waals surface area (Å²) >= 11 is 0. The maximum Gasteiger partial charge on any atom is 0.410 e. The van der Waals surface area contributed by atoms with E-state index in [1.807, 2.05) is 12.1 Å². The van der Waals surface area contributed by atoms with E-state index in [2.05, 4.69) is 25.7 Å². The van der Waals surface area contributed by atoms with Crippen molar-refractivity contribution in [1.82, 2.24) is 30.6 Å². The molecule has 0 bridgehead atoms. The van der Waals surface area contributed by atoms with Crippen LogP contribution in [0.25, 0.3) is 0 Å². The second kappa shape index (κ2) is 10.0. The Bertz CT molecular complexity index is 895. The van der Waals surface area contributed by atoms with Gasteiger partial charge in [0.2, 0.25) is 0 Å². The lowest BCUT2D eigenvalue weighted by molar-refractivity contribution is 0.152. The van der Waals surface area contributed by atoms with Crippen molar-refractivity contribution >= 4 is 17.7 Å². The van der Waals surface area contributed by atoms with Gasteiger partial charge < -0.3 is 31.5 Å². The second-order valence-corrected chi connectivity index (χ2v) is 8.47. The van der Waals surface area contributed by atoms with Crippen molar-refractivity contribution in [2.45, 2.75) is 49.6 Å². The maximum absolute atomic E-state index is 11.4. The fourth-order valence-corrected chi connectivity index (χ4v) is 4.52. The molecule has 1 amide bonds. The van der Waals surface area contributed by atoms with Crippen molar-refractivity contribution in [2.75, 3.05) is 37.8 Å². The van der Waals surface area contributed by atoms with E-state index in [-0.39, 0.29) is 24.8 Å². The number of piperidine rings is 2. The number of nitrogens with one attached hydrogen (secondary N) is 1. The summed E-state index contributed by atoms with van der Waals surface area (Å²) in [4.78, 5) is 13.2. The Morgan fingerprint density at radius 1 is 1.00 bits per heavy atom. The Balaban J connectivity index is 0.000000155. The van der Waals surface area contributed by atoms with Gasteiger partial charge in [0.15, 0.2) is 0 Å². The van der Waals surface area contributed by atoms with Gasteiger partial charge >= 0.3 is 6.09 Å². The van der Waals surface area contributed by atoms with Gasteiger partial charge in [0, 0.05) is 24.4 Å². The number of aromatic nitrogens is 4. The number of cyclic esters (lactones) is 1. The van der Waals surface area contributed by atoms with Crippen LogP contribution in [-0.4, -0.2) is 74.9 Å². The Morgan fingerprint density at radius 2 is 1.66 bits per heavy atom. The zero-order chi connectivity index (χ0) is 22.5. The lowest BCUT2D eigenvalue weighted by Crippen LogP contribution is -2.40. The fourth-order valence-electron chi connectivity index (χ4n) is 4.52. The Hall–Kier alpha value is -3.05. The molecule has 32 heavy (non-hydrogen) atoms. The molecule has 0 radical (unpaired) electrons. The van der Waals surface area contributed by atoms with Crippen molar-refractivity contribution in [2.24, 2.45) is 0 Å². The van der Waals surface area contributed by atoms with Crippen LogP contribution in [0.15, 0.2) is 24.3 Å². The highest BCUT2D eigenvalue weighted by molar-refractivity contribution is 5.70. The molecule has 4 atom stereocenters. The van der Waals surface area contributed by atoms with Gasteiger partial charge in [0.25, 0.3) is 0 Å². The van der Waals surface area contributed by atoms with E-state index in [1.54, 1.807) is 17.0 Å². The number of nitrogens with two attached hydrogens (primary N) is 2. The number of nitrogen functional groups attached to an aromatic ring is 2. The van der Waals surface area contributed by atoms with Crippen LogP contribution in [0, 0.1) is 0 Å². The molecule has 3 saturated heterocycles. The van der Waals surface area contributed by atoms with Gasteiger partial charge in [-0.2, -0.15) is 10.2 Å². The highest BCUT2D eigenvalue weighted by atomic mass is 16.6. The second-order valence-electron chi connectivity index (χ2n) is 8.47. The van der Waals surface area contributed by atoms with Crippen molar-refractivity contribution < 1.29 is 14.6 Å². The molecule has 0 aliphatic carbocycles. The van der Waals surface area contributed by atoms with Crippen LogP contribution in [0.4, 0.5) is 16.4 Å². The Labute approximate surface area is 186 Å². The predicted octanol–water partition coefficient (Wildman–Crippen LogP) is 0.644. The third kappa shape index (κ3) is 5.22. The van der Waals surface area contributed by atoms with Gasteiger partial charge in [-0.1, -0.05) is 0 Å². The summed E-state index contributed by atoms with van der Waals surface area (Å²) in [5.41, 5.74) is 12.9. The Kier molecular flexibility index (Phi) is 6.96. The molecular formula is C21H30N8O3. The van der Waals surface area contributed by atoms with E-state index in [0.717, 1.165) is 50.2 Å². The van der Waals surface area contributed by atoms with E-state index in [0.29, 0.717) is 30.1 Å². The van der Waals surface area contributed by atoms with E-state index in [1.165, 1.54) is 0 Å². The molecule has 3 aliphatic rings. The van der Waals surface area contributed by atoms with Crippen molar-refractivity contribution in [3.05, 3.63) is 35.7 Å². The van der Waals surface area contributed by atoms with E-state index in [4.69, 9.17) is 21.3 Å². The number of aliphatic hydroxyl groups is 1. The number of hydrogen-bond donors (Lipinski definition) is 4. The molecule has 5 heterocycles. The molecule has 3 fully saturated rings. The molecule has 0 saturated carbocycles. The molecule has 172 valence electrons. The first-order valence-corrected chi connectivity index (χ1v) is 11.0. The molecule has 5 rings (SSSR count). The maximum atomic E-state index is 11.4. The van der Waals surface area contributed by atoms with Gasteiger partial charge in [-0.25, -0.2) is 4.79 Å². The first kappa shape index (κ1) is 22.2. The molecule has 2 unspecified atom stereocenters. The summed E-state index contributed by atoms with van der Waals surface area (Å²) in [5, 5.41) is 28.3. The summed E-state index contributed by atoms with van der Waals surface area (Å²) in [5.74, 6) is 1.62. The lowest BCUT2D eigenvalue weighted by atomic mass is 9.89. The largest absolute Gasteiger partial charge is 0.447 e. The Morgan fingerprint density at radius 3 is 2.25 bits per heavy atom. The van der Waals surface area contributed by atoms with Crippen LogP contribution in [0.1, 0.15) is 48.9 Å². The average Bonchev–Trinajstić information content (AvgIpc) is 3.20. The molecule has 0 spiro atoms. The van der Waals surface area contributed by atoms with Crippen molar-refractivity contribution in [3.8, 4) is 0 Å². The van der Waals surface area contributed by atoms with E-state index < -0.39 is 0 Å². The average molecular weight is 443 g/mol. The van der Waals surface area contributed by atoms with Crippen LogP contribution < -0.4 is 16.8 Å². The SMILES string of the molecule is Nc1ccc(C2CCN3C(=O)OC[C@@H]3C2)nn1.Nc1ccc(C2CCN[C@H](CO)C2)nn1. The van der Waals surface area contributed by atoms with Gasteiger partial charge in [-0.05, 0) is 56.5 Å². The molecule has 2 aromatic rings. The summed E-state index contributed by atoms with van der Waals surface area (Å²) in [6.45, 7) is 2.33. The molecule has 11 nitrogen and oxygen atoms in total. The molecule has 6 N–H and O–H groups in total. The molecule has 11 heteroatoms. The first-order valence-electron chi connectivity index (χ1n) is 11.0. The first-order chi connectivity index (χ1) is 15.5. The zero-order valence-electron chi connectivity index (χ0n) is 17.9. The number of amides is 1. The van der Waals surface area contributed by atoms with Crippen LogP contribution in [0.3, 0.4) is 0 Å². The molecule has 0 aromatic carbocycles. The summed E-state index contributed by atoms with van der Waals surface area (Å²) < 4.78 is 5.03. The van der Waals surface area contributed by atoms with Crippen LogP contribution >= 0.6 is 0 Å². The topological polar surface area (TPSA) is 165 Å². The monoisotopic (exact) mass is 442 g/mol. The molecule has 2 aromatic heterocycles. The number of nitrogens with zero attached hydrogens (tertiary/aromatic N) is 5. The number of aliphatic hydroxyl groups excluding tert-OH is 1. The highest BCUT2D eigenvalue weighted by Crippen LogP contribution is 2.33. The molecular weight excluding hydrogens is 412 g/mol. The summed E-state index contributed by atoms with van der Waals surface area (Å²) in [6.07, 6.45) is 3.57. The van der Waals surface area contributed by atoms with E-state index >= 15 is 0 Å². The third-order valence-corrected chi connectivity index (χ3v) is 6.31. The van der Waals surface area contributed by atoms with Crippen molar-refractivity contribution in [3.63, 3.8) is 0 Å². The minimum absolute atomic E-state index is 0.179. The van der Waals surface area contributed by atoms with Gasteiger partial charge in [-0.15, -0.1) is 10.2 Å². The zero-order valence-corrected chi connectivity index (χ0v) is 17.9. The predicted molar refractivity (Wildman–Crippen MR) is 118 cm³/mol. The fraction of sp³-hybridized carbons (Fsp3) is 0.571. The van der Waals surface area contributed by atoms with Gasteiger partial charge in [0.1, 0.15) is 18.2 Å². The molecule has 3 aliphatic heterocycles. The number of carbonyl (C=O) groups excluding carboxylic acids is 1. The highest BCUT2D eigenvalue weighted by Gasteiger charge is 2.38. The summed E-state index contributed by atoms with van der Waals surface area (Å²) in [6, 6.07) is 7.76. The number of ether oxygens (including phenoxy) is 1. The smallest absolute Gasteiger partial charge is 0.410 e. The number of hydrogen-bond acceptors (Lipinski definition) is 10. The lowest BCUT2D eigenvalue weighted by Gasteiger charge is -2.31. The summed E-state index contributed by atoms with van der Waals surface area (Å²) in [7, 11) is 0. The minimum Gasteiger partial charge on any atom is -0.447 e. The number of anilines is 2. The quantitative estimate of drug-likeness (QED) is 0.530. The minimum atomic E-state index is -0.183. The van der Waals surface area contributed by atoms with Gasteiger partial charge in [0.05, 0.1) is 24.0 Å².